The Morgan fingerprint density at radius 3 is 2.65 bits per heavy atom. The molecule has 1 amide bonds. The number of rotatable bonds is 5. The summed E-state index contributed by atoms with van der Waals surface area (Å²) < 4.78 is 10.9. The van der Waals surface area contributed by atoms with Crippen molar-refractivity contribution in [3.05, 3.63) is 23.8 Å². The SMILES string of the molecule is C[C@@H](C(=O)NC1CCCC1)[NH+]1CC[NH+](Cc2ccc3c(c2)OCO3)CC1. The van der Waals surface area contributed by atoms with Crippen molar-refractivity contribution in [1.82, 2.24) is 5.32 Å². The lowest BCUT2D eigenvalue weighted by Gasteiger charge is -2.33. The Morgan fingerprint density at radius 1 is 1.15 bits per heavy atom. The van der Waals surface area contributed by atoms with Crippen molar-refractivity contribution in [2.45, 2.75) is 51.2 Å². The number of carbonyl (C=O) groups is 1. The maximum atomic E-state index is 12.5. The first-order valence-electron chi connectivity index (χ1n) is 10.1. The summed E-state index contributed by atoms with van der Waals surface area (Å²) in [6, 6.07) is 6.72. The molecule has 2 heterocycles. The van der Waals surface area contributed by atoms with Crippen LogP contribution in [-0.4, -0.2) is 51.0 Å². The van der Waals surface area contributed by atoms with E-state index in [1.165, 1.54) is 23.3 Å². The average molecular weight is 361 g/mol. The number of nitrogens with one attached hydrogen (secondary N) is 3. The summed E-state index contributed by atoms with van der Waals surface area (Å²) in [6.07, 6.45) is 4.82. The standard InChI is InChI=1S/C20H29N3O3/c1-15(20(24)21-17-4-2-3-5-17)23-10-8-22(9-11-23)13-16-6-7-18-19(12-16)26-14-25-18/h6-7,12,15,17H,2-5,8-11,13-14H2,1H3,(H,21,24)/p+2/t15-/m0/s1. The van der Waals surface area contributed by atoms with E-state index >= 15 is 0 Å². The Bertz CT molecular complexity index is 637. The first-order valence-corrected chi connectivity index (χ1v) is 10.1. The number of hydrogen-bond acceptors (Lipinski definition) is 3. The van der Waals surface area contributed by atoms with Crippen LogP contribution in [0, 0.1) is 0 Å². The fourth-order valence-corrected chi connectivity index (χ4v) is 4.46. The van der Waals surface area contributed by atoms with E-state index in [2.05, 4.69) is 24.4 Å². The zero-order valence-corrected chi connectivity index (χ0v) is 15.7. The van der Waals surface area contributed by atoms with Gasteiger partial charge in [-0.15, -0.1) is 0 Å². The fourth-order valence-electron chi connectivity index (χ4n) is 4.46. The van der Waals surface area contributed by atoms with Crippen LogP contribution in [-0.2, 0) is 11.3 Å². The quantitative estimate of drug-likeness (QED) is 0.640. The van der Waals surface area contributed by atoms with Gasteiger partial charge in [0.1, 0.15) is 32.7 Å². The van der Waals surface area contributed by atoms with E-state index in [1.54, 1.807) is 4.90 Å². The third kappa shape index (κ3) is 3.96. The molecule has 2 fully saturated rings. The maximum Gasteiger partial charge on any atom is 0.278 e. The Labute approximate surface area is 155 Å². The molecule has 0 unspecified atom stereocenters. The van der Waals surface area contributed by atoms with E-state index in [4.69, 9.17) is 9.47 Å². The van der Waals surface area contributed by atoms with Crippen molar-refractivity contribution in [1.29, 1.82) is 0 Å². The maximum absolute atomic E-state index is 12.5. The molecule has 4 rings (SSSR count). The van der Waals surface area contributed by atoms with Crippen LogP contribution < -0.4 is 24.6 Å². The molecule has 1 aromatic rings. The number of fused-ring (bicyclic) bond motifs is 1. The van der Waals surface area contributed by atoms with Gasteiger partial charge in [-0.05, 0) is 38.0 Å². The Balaban J connectivity index is 1.25. The van der Waals surface area contributed by atoms with E-state index in [0.29, 0.717) is 12.8 Å². The molecular weight excluding hydrogens is 330 g/mol. The van der Waals surface area contributed by atoms with Crippen molar-refractivity contribution >= 4 is 5.91 Å². The van der Waals surface area contributed by atoms with Crippen molar-refractivity contribution in [2.75, 3.05) is 33.0 Å². The molecule has 0 radical (unpaired) electrons. The molecule has 1 atom stereocenters. The molecule has 6 heteroatoms. The Hall–Kier alpha value is -1.79. The Morgan fingerprint density at radius 2 is 1.88 bits per heavy atom. The van der Waals surface area contributed by atoms with Crippen LogP contribution in [0.3, 0.4) is 0 Å². The molecule has 1 aromatic carbocycles. The fraction of sp³-hybridized carbons (Fsp3) is 0.650. The van der Waals surface area contributed by atoms with E-state index < -0.39 is 0 Å². The summed E-state index contributed by atoms with van der Waals surface area (Å²) in [4.78, 5) is 15.5. The smallest absolute Gasteiger partial charge is 0.278 e. The minimum Gasteiger partial charge on any atom is -0.454 e. The number of hydrogen-bond donors (Lipinski definition) is 3. The second-order valence-electron chi connectivity index (χ2n) is 7.98. The molecule has 0 spiro atoms. The molecule has 142 valence electrons. The summed E-state index contributed by atoms with van der Waals surface area (Å²) in [6.45, 7) is 7.73. The first kappa shape index (κ1) is 17.6. The molecule has 0 aromatic heterocycles. The van der Waals surface area contributed by atoms with Gasteiger partial charge in [0.25, 0.3) is 5.91 Å². The molecule has 26 heavy (non-hydrogen) atoms. The van der Waals surface area contributed by atoms with Crippen LogP contribution >= 0.6 is 0 Å². The number of benzene rings is 1. The highest BCUT2D eigenvalue weighted by molar-refractivity contribution is 5.80. The monoisotopic (exact) mass is 361 g/mol. The van der Waals surface area contributed by atoms with Gasteiger partial charge in [-0.25, -0.2) is 0 Å². The van der Waals surface area contributed by atoms with Gasteiger partial charge in [0.2, 0.25) is 6.79 Å². The normalized spacial score (nSPS) is 26.7. The van der Waals surface area contributed by atoms with E-state index in [0.717, 1.165) is 57.1 Å². The highest BCUT2D eigenvalue weighted by atomic mass is 16.7. The van der Waals surface area contributed by atoms with Crippen molar-refractivity contribution in [3.63, 3.8) is 0 Å². The van der Waals surface area contributed by atoms with Crippen LogP contribution in [0.25, 0.3) is 0 Å². The number of quaternary nitrogens is 2. The minimum atomic E-state index is 0.0580. The number of piperazine rings is 1. The van der Waals surface area contributed by atoms with E-state index in [1.807, 2.05) is 6.07 Å². The van der Waals surface area contributed by atoms with Gasteiger partial charge in [-0.3, -0.25) is 4.79 Å². The highest BCUT2D eigenvalue weighted by Crippen LogP contribution is 2.32. The third-order valence-electron chi connectivity index (χ3n) is 6.20. The van der Waals surface area contributed by atoms with Crippen LogP contribution in [0.5, 0.6) is 11.5 Å². The van der Waals surface area contributed by atoms with Gasteiger partial charge in [0, 0.05) is 11.6 Å². The summed E-state index contributed by atoms with van der Waals surface area (Å²) in [5.41, 5.74) is 1.29. The molecule has 6 nitrogen and oxygen atoms in total. The molecule has 1 saturated carbocycles. The van der Waals surface area contributed by atoms with E-state index in [9.17, 15) is 4.79 Å². The van der Waals surface area contributed by atoms with Crippen LogP contribution in [0.4, 0.5) is 0 Å². The largest absolute Gasteiger partial charge is 0.454 e. The van der Waals surface area contributed by atoms with Gasteiger partial charge in [0.15, 0.2) is 17.5 Å². The first-order chi connectivity index (χ1) is 12.7. The highest BCUT2D eigenvalue weighted by Gasteiger charge is 2.32. The van der Waals surface area contributed by atoms with Gasteiger partial charge in [-0.1, -0.05) is 12.8 Å². The van der Waals surface area contributed by atoms with Crippen LogP contribution in [0.15, 0.2) is 18.2 Å². The van der Waals surface area contributed by atoms with Crippen LogP contribution in [0.1, 0.15) is 38.2 Å². The molecule has 0 bridgehead atoms. The topological polar surface area (TPSA) is 56.4 Å². The summed E-state index contributed by atoms with van der Waals surface area (Å²) in [5.74, 6) is 1.95. The summed E-state index contributed by atoms with van der Waals surface area (Å²) in [7, 11) is 0. The van der Waals surface area contributed by atoms with Gasteiger partial charge in [0.05, 0.1) is 0 Å². The summed E-state index contributed by atoms with van der Waals surface area (Å²) in [5, 5.41) is 3.26. The zero-order valence-electron chi connectivity index (χ0n) is 15.7. The molecule has 3 N–H and O–H groups in total. The third-order valence-corrected chi connectivity index (χ3v) is 6.20. The lowest BCUT2D eigenvalue weighted by atomic mass is 10.1. The second-order valence-corrected chi connectivity index (χ2v) is 7.98. The van der Waals surface area contributed by atoms with Crippen molar-refractivity contribution in [3.8, 4) is 11.5 Å². The second kappa shape index (κ2) is 7.84. The predicted octanol–water partition coefficient (Wildman–Crippen LogP) is -0.854. The number of amides is 1. The lowest BCUT2D eigenvalue weighted by molar-refractivity contribution is -1.02. The minimum absolute atomic E-state index is 0.0580. The Kier molecular flexibility index (Phi) is 5.31. The molecule has 1 saturated heterocycles. The molecule has 2 aliphatic heterocycles. The van der Waals surface area contributed by atoms with Gasteiger partial charge >= 0.3 is 0 Å². The van der Waals surface area contributed by atoms with Crippen molar-refractivity contribution in [2.24, 2.45) is 0 Å². The molecular formula is C20H31N3O3+2. The average Bonchev–Trinajstić information content (AvgIpc) is 3.33. The molecule has 3 aliphatic rings. The van der Waals surface area contributed by atoms with E-state index in [-0.39, 0.29) is 11.9 Å². The van der Waals surface area contributed by atoms with Crippen molar-refractivity contribution < 1.29 is 24.1 Å². The predicted molar refractivity (Wildman–Crippen MR) is 97.5 cm³/mol. The lowest BCUT2D eigenvalue weighted by Crippen LogP contribution is -3.29. The van der Waals surface area contributed by atoms with Crippen LogP contribution in [0.2, 0.25) is 0 Å². The molecule has 1 aliphatic carbocycles. The zero-order chi connectivity index (χ0) is 17.9. The number of ether oxygens (including phenoxy) is 2. The van der Waals surface area contributed by atoms with Gasteiger partial charge < -0.3 is 24.6 Å². The number of carbonyl (C=O) groups excluding carboxylic acids is 1. The van der Waals surface area contributed by atoms with Gasteiger partial charge in [-0.2, -0.15) is 0 Å². The summed E-state index contributed by atoms with van der Waals surface area (Å²) >= 11 is 0.